The molecule has 1 saturated heterocycles. The van der Waals surface area contributed by atoms with E-state index in [1.165, 1.54) is 6.07 Å². The molecule has 0 radical (unpaired) electrons. The summed E-state index contributed by atoms with van der Waals surface area (Å²) >= 11 is 0. The third-order valence-electron chi connectivity index (χ3n) is 6.80. The van der Waals surface area contributed by atoms with E-state index in [0.717, 1.165) is 5.56 Å². The molecule has 2 heterocycles. The zero-order valence-corrected chi connectivity index (χ0v) is 20.0. The molecule has 6 heteroatoms. The molecule has 3 aromatic rings. The standard InChI is InChI=1S/C29H28FNO4/c1-28(2,3)35-27(33)24-23(19-13-7-9-15-21(19)30)29(25(31-24)18-11-5-4-6-12-18)17-34-22-16-10-8-14-20(22)26(29)32/h4-16,23-25,31H,17H2,1-3H3/t23-,24+,25+,29+/m1/s1. The number of para-hydroxylation sites is 1. The van der Waals surface area contributed by atoms with Gasteiger partial charge >= 0.3 is 5.97 Å². The third kappa shape index (κ3) is 3.92. The lowest BCUT2D eigenvalue weighted by molar-refractivity contribution is -0.157. The minimum absolute atomic E-state index is 0.00624. The molecule has 0 aromatic heterocycles. The predicted octanol–water partition coefficient (Wildman–Crippen LogP) is 5.23. The molecular formula is C29H28FNO4. The van der Waals surface area contributed by atoms with Crippen LogP contribution < -0.4 is 10.1 Å². The summed E-state index contributed by atoms with van der Waals surface area (Å²) in [5, 5.41) is 3.39. The lowest BCUT2D eigenvalue weighted by Gasteiger charge is -2.42. The number of carbonyl (C=O) groups excluding carboxylic acids is 2. The number of halogens is 1. The molecule has 180 valence electrons. The summed E-state index contributed by atoms with van der Waals surface area (Å²) in [7, 11) is 0. The highest BCUT2D eigenvalue weighted by Gasteiger charge is 2.65. The van der Waals surface area contributed by atoms with Crippen LogP contribution in [0, 0.1) is 11.2 Å². The van der Waals surface area contributed by atoms with Crippen LogP contribution >= 0.6 is 0 Å². The molecule has 0 amide bonds. The first-order valence-electron chi connectivity index (χ1n) is 11.8. The molecule has 35 heavy (non-hydrogen) atoms. The van der Waals surface area contributed by atoms with Crippen LogP contribution in [0.15, 0.2) is 78.9 Å². The summed E-state index contributed by atoms with van der Waals surface area (Å²) < 4.78 is 27.3. The maximum absolute atomic E-state index is 15.4. The number of rotatable bonds is 3. The Labute approximate surface area is 204 Å². The molecule has 5 nitrogen and oxygen atoms in total. The fourth-order valence-electron chi connectivity index (χ4n) is 5.43. The van der Waals surface area contributed by atoms with Crippen LogP contribution in [0.5, 0.6) is 5.75 Å². The van der Waals surface area contributed by atoms with Crippen molar-refractivity contribution in [3.63, 3.8) is 0 Å². The summed E-state index contributed by atoms with van der Waals surface area (Å²) in [6.07, 6.45) is 0. The van der Waals surface area contributed by atoms with Crippen molar-refractivity contribution >= 4 is 11.8 Å². The lowest BCUT2D eigenvalue weighted by Crippen LogP contribution is -2.48. The Kier molecular flexibility index (Phi) is 5.72. The summed E-state index contributed by atoms with van der Waals surface area (Å²) in [5.74, 6) is -1.56. The third-order valence-corrected chi connectivity index (χ3v) is 6.80. The lowest BCUT2D eigenvalue weighted by atomic mass is 9.62. The number of ketones is 1. The number of nitrogens with one attached hydrogen (secondary N) is 1. The highest BCUT2D eigenvalue weighted by molar-refractivity contribution is 6.06. The minimum Gasteiger partial charge on any atom is -0.492 e. The van der Waals surface area contributed by atoms with Crippen LogP contribution in [0.4, 0.5) is 4.39 Å². The van der Waals surface area contributed by atoms with Gasteiger partial charge in [0.25, 0.3) is 0 Å². The molecular weight excluding hydrogens is 445 g/mol. The minimum atomic E-state index is -1.28. The normalized spacial score (nSPS) is 25.7. The molecule has 0 saturated carbocycles. The maximum Gasteiger partial charge on any atom is 0.324 e. The van der Waals surface area contributed by atoms with Crippen LogP contribution in [-0.2, 0) is 9.53 Å². The van der Waals surface area contributed by atoms with Crippen LogP contribution in [0.25, 0.3) is 0 Å². The van der Waals surface area contributed by atoms with E-state index in [9.17, 15) is 9.59 Å². The van der Waals surface area contributed by atoms with Gasteiger partial charge in [-0.15, -0.1) is 0 Å². The quantitative estimate of drug-likeness (QED) is 0.528. The fourth-order valence-corrected chi connectivity index (χ4v) is 5.43. The Morgan fingerprint density at radius 3 is 2.37 bits per heavy atom. The molecule has 1 fully saturated rings. The van der Waals surface area contributed by atoms with Gasteiger partial charge in [0.1, 0.15) is 29.8 Å². The first kappa shape index (κ1) is 23.2. The second-order valence-electron chi connectivity index (χ2n) is 10.2. The van der Waals surface area contributed by atoms with E-state index in [4.69, 9.17) is 9.47 Å². The average molecular weight is 474 g/mol. The van der Waals surface area contributed by atoms with Crippen molar-refractivity contribution in [3.8, 4) is 5.75 Å². The van der Waals surface area contributed by atoms with Gasteiger partial charge in [-0.05, 0) is 50.1 Å². The van der Waals surface area contributed by atoms with E-state index in [-0.39, 0.29) is 18.0 Å². The number of benzene rings is 3. The van der Waals surface area contributed by atoms with E-state index in [1.54, 1.807) is 57.2 Å². The summed E-state index contributed by atoms with van der Waals surface area (Å²) in [5.41, 5.74) is -0.509. The average Bonchev–Trinajstić information content (AvgIpc) is 3.17. The summed E-state index contributed by atoms with van der Waals surface area (Å²) in [4.78, 5) is 27.9. The number of hydrogen-bond donors (Lipinski definition) is 1. The molecule has 2 aliphatic heterocycles. The Morgan fingerprint density at radius 1 is 1.00 bits per heavy atom. The fraction of sp³-hybridized carbons (Fsp3) is 0.310. The predicted molar refractivity (Wildman–Crippen MR) is 130 cm³/mol. The summed E-state index contributed by atoms with van der Waals surface area (Å²) in [6, 6.07) is 21.3. The first-order chi connectivity index (χ1) is 16.7. The molecule has 1 spiro atoms. The van der Waals surface area contributed by atoms with Crippen molar-refractivity contribution in [1.82, 2.24) is 5.32 Å². The zero-order chi connectivity index (χ0) is 24.8. The summed E-state index contributed by atoms with van der Waals surface area (Å²) in [6.45, 7) is 5.35. The molecule has 4 atom stereocenters. The van der Waals surface area contributed by atoms with Crippen LogP contribution in [0.3, 0.4) is 0 Å². The van der Waals surface area contributed by atoms with Gasteiger partial charge in [-0.25, -0.2) is 4.39 Å². The molecule has 0 aliphatic carbocycles. The SMILES string of the molecule is CC(C)(C)OC(=O)[C@H]1N[C@@H](c2ccccc2)[C@]2(COc3ccccc3C2=O)[C@@H]1c1ccccc1F. The zero-order valence-electron chi connectivity index (χ0n) is 20.0. The number of ether oxygens (including phenoxy) is 2. The molecule has 0 bridgehead atoms. The monoisotopic (exact) mass is 473 g/mol. The van der Waals surface area contributed by atoms with Crippen molar-refractivity contribution in [1.29, 1.82) is 0 Å². The van der Waals surface area contributed by atoms with Crippen LogP contribution in [0.2, 0.25) is 0 Å². The van der Waals surface area contributed by atoms with Gasteiger partial charge < -0.3 is 9.47 Å². The van der Waals surface area contributed by atoms with Crippen molar-refractivity contribution in [2.75, 3.05) is 6.61 Å². The highest BCUT2D eigenvalue weighted by Crippen LogP contribution is 2.57. The Hall–Kier alpha value is -3.51. The Balaban J connectivity index is 1.75. The van der Waals surface area contributed by atoms with Gasteiger partial charge in [-0.3, -0.25) is 14.9 Å². The van der Waals surface area contributed by atoms with Crippen LogP contribution in [0.1, 0.15) is 54.2 Å². The maximum atomic E-state index is 15.4. The van der Waals surface area contributed by atoms with E-state index < -0.39 is 40.8 Å². The van der Waals surface area contributed by atoms with Crippen molar-refractivity contribution < 1.29 is 23.5 Å². The Bertz CT molecular complexity index is 1270. The molecule has 1 N–H and O–H groups in total. The molecule has 2 aliphatic rings. The van der Waals surface area contributed by atoms with Gasteiger partial charge in [0.05, 0.1) is 11.0 Å². The van der Waals surface area contributed by atoms with Crippen LogP contribution in [-0.4, -0.2) is 30.0 Å². The topological polar surface area (TPSA) is 64.6 Å². The van der Waals surface area contributed by atoms with Gasteiger partial charge in [-0.2, -0.15) is 0 Å². The van der Waals surface area contributed by atoms with E-state index in [2.05, 4.69) is 5.32 Å². The largest absolute Gasteiger partial charge is 0.492 e. The van der Waals surface area contributed by atoms with Crippen molar-refractivity contribution in [2.45, 2.75) is 44.4 Å². The molecule has 3 aromatic carbocycles. The van der Waals surface area contributed by atoms with Crippen molar-refractivity contribution in [3.05, 3.63) is 101 Å². The van der Waals surface area contributed by atoms with Gasteiger partial charge in [0.15, 0.2) is 5.78 Å². The Morgan fingerprint density at radius 2 is 1.66 bits per heavy atom. The van der Waals surface area contributed by atoms with E-state index in [0.29, 0.717) is 11.3 Å². The number of Topliss-reactive ketones (excluding diaryl/α,β-unsaturated/α-hetero) is 1. The second-order valence-corrected chi connectivity index (χ2v) is 10.2. The van der Waals surface area contributed by atoms with Gasteiger partial charge in [0, 0.05) is 12.0 Å². The van der Waals surface area contributed by atoms with Gasteiger partial charge in [-0.1, -0.05) is 60.7 Å². The number of fused-ring (bicyclic) bond motifs is 1. The highest BCUT2D eigenvalue weighted by atomic mass is 19.1. The first-order valence-corrected chi connectivity index (χ1v) is 11.8. The molecule has 0 unspecified atom stereocenters. The van der Waals surface area contributed by atoms with E-state index in [1.807, 2.05) is 36.4 Å². The van der Waals surface area contributed by atoms with Crippen molar-refractivity contribution in [2.24, 2.45) is 5.41 Å². The second kappa shape index (κ2) is 8.61. The number of hydrogen-bond acceptors (Lipinski definition) is 5. The smallest absolute Gasteiger partial charge is 0.324 e. The van der Waals surface area contributed by atoms with E-state index >= 15 is 4.39 Å². The molecule has 5 rings (SSSR count). The van der Waals surface area contributed by atoms with Gasteiger partial charge in [0.2, 0.25) is 0 Å². The number of esters is 1. The number of carbonyl (C=O) groups is 2.